The summed E-state index contributed by atoms with van der Waals surface area (Å²) in [5.74, 6) is 1.17. The Morgan fingerprint density at radius 3 is 2.75 bits per heavy atom. The van der Waals surface area contributed by atoms with E-state index in [2.05, 4.69) is 31.2 Å². The highest BCUT2D eigenvalue weighted by molar-refractivity contribution is 5.89. The number of hydrogen-bond acceptors (Lipinski definition) is 3. The third-order valence-electron chi connectivity index (χ3n) is 4.58. The molecule has 0 radical (unpaired) electrons. The van der Waals surface area contributed by atoms with E-state index < -0.39 is 0 Å². The van der Waals surface area contributed by atoms with Gasteiger partial charge >= 0.3 is 6.03 Å². The second-order valence-electron chi connectivity index (χ2n) is 6.64. The third-order valence-corrected chi connectivity index (χ3v) is 4.58. The van der Waals surface area contributed by atoms with Crippen molar-refractivity contribution >= 4 is 11.7 Å². The number of carbonyl (C=O) groups excluding carboxylic acids is 1. The van der Waals surface area contributed by atoms with E-state index in [9.17, 15) is 4.79 Å². The molecule has 5 heteroatoms. The predicted molar refractivity (Wildman–Crippen MR) is 94.1 cm³/mol. The van der Waals surface area contributed by atoms with E-state index in [-0.39, 0.29) is 12.1 Å². The quantitative estimate of drug-likeness (QED) is 0.883. The van der Waals surface area contributed by atoms with Gasteiger partial charge in [0.15, 0.2) is 0 Å². The van der Waals surface area contributed by atoms with Crippen molar-refractivity contribution < 1.29 is 9.32 Å². The first kappa shape index (κ1) is 16.6. The smallest absolute Gasteiger partial charge is 0.322 e. The lowest BCUT2D eigenvalue weighted by molar-refractivity contribution is 0.204. The van der Waals surface area contributed by atoms with Crippen molar-refractivity contribution in [3.63, 3.8) is 0 Å². The molecular weight excluding hydrogens is 302 g/mol. The normalized spacial score (nSPS) is 17.5. The second-order valence-corrected chi connectivity index (χ2v) is 6.64. The lowest BCUT2D eigenvalue weighted by Gasteiger charge is -2.23. The average molecular weight is 327 g/mol. The van der Waals surface area contributed by atoms with Crippen LogP contribution in [0, 0.1) is 0 Å². The summed E-state index contributed by atoms with van der Waals surface area (Å²) in [5, 5.41) is 7.18. The summed E-state index contributed by atoms with van der Waals surface area (Å²) in [6.45, 7) is 7.01. The molecule has 0 aliphatic carbocycles. The van der Waals surface area contributed by atoms with Gasteiger partial charge < -0.3 is 14.7 Å². The zero-order chi connectivity index (χ0) is 17.1. The Hall–Kier alpha value is -2.30. The first-order valence-corrected chi connectivity index (χ1v) is 8.71. The molecule has 1 N–H and O–H groups in total. The second kappa shape index (κ2) is 7.07. The number of nitrogens with one attached hydrogen (secondary N) is 1. The fraction of sp³-hybridized carbons (Fsp3) is 0.474. The largest absolute Gasteiger partial charge is 0.361 e. The van der Waals surface area contributed by atoms with Gasteiger partial charge in [-0.15, -0.1) is 0 Å². The molecule has 0 bridgehead atoms. The predicted octanol–water partition coefficient (Wildman–Crippen LogP) is 4.73. The molecule has 1 saturated heterocycles. The molecule has 1 fully saturated rings. The summed E-state index contributed by atoms with van der Waals surface area (Å²) in [7, 11) is 0. The summed E-state index contributed by atoms with van der Waals surface area (Å²) in [4.78, 5) is 14.5. The topological polar surface area (TPSA) is 58.4 Å². The third kappa shape index (κ3) is 3.45. The van der Waals surface area contributed by atoms with E-state index in [1.165, 1.54) is 5.56 Å². The number of carbonyl (C=O) groups is 1. The van der Waals surface area contributed by atoms with Crippen LogP contribution in [0.5, 0.6) is 0 Å². The van der Waals surface area contributed by atoms with Crippen LogP contribution in [0.1, 0.15) is 62.6 Å². The van der Waals surface area contributed by atoms with Crippen LogP contribution in [-0.2, 0) is 6.42 Å². The zero-order valence-corrected chi connectivity index (χ0v) is 14.6. The summed E-state index contributed by atoms with van der Waals surface area (Å²) in [6.07, 6.45) is 2.90. The number of aryl methyl sites for hydroxylation is 1. The van der Waals surface area contributed by atoms with E-state index in [0.29, 0.717) is 5.92 Å². The Kier molecular flexibility index (Phi) is 4.88. The fourth-order valence-electron chi connectivity index (χ4n) is 3.07. The number of nitrogens with zero attached hydrogens (tertiary/aromatic N) is 2. The molecule has 0 saturated carbocycles. The van der Waals surface area contributed by atoms with Gasteiger partial charge in [0.1, 0.15) is 11.5 Å². The highest BCUT2D eigenvalue weighted by Crippen LogP contribution is 2.33. The van der Waals surface area contributed by atoms with E-state index in [0.717, 1.165) is 42.9 Å². The molecule has 0 spiro atoms. The van der Waals surface area contributed by atoms with E-state index in [1.807, 2.05) is 35.2 Å². The van der Waals surface area contributed by atoms with Gasteiger partial charge in [-0.2, -0.15) is 0 Å². The van der Waals surface area contributed by atoms with Crippen LogP contribution in [0.2, 0.25) is 0 Å². The van der Waals surface area contributed by atoms with Crippen molar-refractivity contribution in [1.82, 2.24) is 10.1 Å². The molecule has 1 aromatic heterocycles. The lowest BCUT2D eigenvalue weighted by Crippen LogP contribution is -2.34. The van der Waals surface area contributed by atoms with Crippen LogP contribution in [0.4, 0.5) is 10.5 Å². The molecular formula is C19H25N3O2. The standard InChI is InChI=1S/C19H25N3O2/c1-4-14-7-9-15(10-8-14)20-19(23)22-11-5-6-17(22)16-12-18(13(2)3)24-21-16/h7-10,12-13,17H,4-6,11H2,1-3H3,(H,20,23). The van der Waals surface area contributed by atoms with Crippen LogP contribution < -0.4 is 5.32 Å². The SMILES string of the molecule is CCc1ccc(NC(=O)N2CCCC2c2cc(C(C)C)on2)cc1. The molecule has 24 heavy (non-hydrogen) atoms. The van der Waals surface area contributed by atoms with Gasteiger partial charge in [-0.3, -0.25) is 0 Å². The molecule has 5 nitrogen and oxygen atoms in total. The molecule has 2 heterocycles. The van der Waals surface area contributed by atoms with Crippen molar-refractivity contribution in [3.8, 4) is 0 Å². The Labute approximate surface area is 143 Å². The summed E-state index contributed by atoms with van der Waals surface area (Å²) in [6, 6.07) is 9.90. The lowest BCUT2D eigenvalue weighted by atomic mass is 10.1. The molecule has 1 aliphatic heterocycles. The van der Waals surface area contributed by atoms with E-state index in [4.69, 9.17) is 4.52 Å². The van der Waals surface area contributed by atoms with Gasteiger partial charge in [0.2, 0.25) is 0 Å². The number of anilines is 1. The van der Waals surface area contributed by atoms with Crippen molar-refractivity contribution in [2.45, 2.75) is 52.0 Å². The Morgan fingerprint density at radius 1 is 1.38 bits per heavy atom. The van der Waals surface area contributed by atoms with Crippen molar-refractivity contribution in [2.24, 2.45) is 0 Å². The van der Waals surface area contributed by atoms with Crippen LogP contribution in [0.25, 0.3) is 0 Å². The molecule has 1 aliphatic rings. The average Bonchev–Trinajstić information content (AvgIpc) is 3.24. The summed E-state index contributed by atoms with van der Waals surface area (Å²) >= 11 is 0. The highest BCUT2D eigenvalue weighted by Gasteiger charge is 2.32. The minimum atomic E-state index is -0.0733. The molecule has 3 rings (SSSR count). The van der Waals surface area contributed by atoms with Crippen LogP contribution in [0.3, 0.4) is 0 Å². The van der Waals surface area contributed by atoms with E-state index >= 15 is 0 Å². The van der Waals surface area contributed by atoms with Gasteiger partial charge in [0.25, 0.3) is 0 Å². The van der Waals surface area contributed by atoms with Crippen molar-refractivity contribution in [2.75, 3.05) is 11.9 Å². The number of urea groups is 1. The molecule has 128 valence electrons. The first-order chi connectivity index (χ1) is 11.6. The Bertz CT molecular complexity index is 691. The number of rotatable bonds is 4. The van der Waals surface area contributed by atoms with Gasteiger partial charge in [0, 0.05) is 24.2 Å². The highest BCUT2D eigenvalue weighted by atomic mass is 16.5. The molecule has 1 atom stereocenters. The number of hydrogen-bond donors (Lipinski definition) is 1. The van der Waals surface area contributed by atoms with Gasteiger partial charge in [0.05, 0.1) is 6.04 Å². The minimum Gasteiger partial charge on any atom is -0.361 e. The van der Waals surface area contributed by atoms with Crippen LogP contribution in [0.15, 0.2) is 34.9 Å². The maximum atomic E-state index is 12.7. The van der Waals surface area contributed by atoms with Crippen molar-refractivity contribution in [1.29, 1.82) is 0 Å². The number of aromatic nitrogens is 1. The zero-order valence-electron chi connectivity index (χ0n) is 14.6. The van der Waals surface area contributed by atoms with Gasteiger partial charge in [-0.05, 0) is 37.0 Å². The van der Waals surface area contributed by atoms with Crippen LogP contribution in [-0.4, -0.2) is 22.6 Å². The first-order valence-electron chi connectivity index (χ1n) is 8.71. The molecule has 1 aromatic carbocycles. The maximum absolute atomic E-state index is 12.7. The molecule has 1 unspecified atom stereocenters. The van der Waals surface area contributed by atoms with Crippen LogP contribution >= 0.6 is 0 Å². The fourth-order valence-corrected chi connectivity index (χ4v) is 3.07. The summed E-state index contributed by atoms with van der Waals surface area (Å²) in [5.41, 5.74) is 2.94. The maximum Gasteiger partial charge on any atom is 0.322 e. The minimum absolute atomic E-state index is 0.00355. The van der Waals surface area contributed by atoms with Crippen molar-refractivity contribution in [3.05, 3.63) is 47.3 Å². The molecule has 2 amide bonds. The number of amides is 2. The van der Waals surface area contributed by atoms with Gasteiger partial charge in [-0.1, -0.05) is 38.1 Å². The Morgan fingerprint density at radius 2 is 2.12 bits per heavy atom. The van der Waals surface area contributed by atoms with Gasteiger partial charge in [-0.25, -0.2) is 4.79 Å². The van der Waals surface area contributed by atoms with E-state index in [1.54, 1.807) is 0 Å². The molecule has 2 aromatic rings. The summed E-state index contributed by atoms with van der Waals surface area (Å²) < 4.78 is 5.40. The Balaban J connectivity index is 1.70. The monoisotopic (exact) mass is 327 g/mol. The number of benzene rings is 1. The number of likely N-dealkylation sites (tertiary alicyclic amines) is 1.